The number of benzene rings is 2. The van der Waals surface area contributed by atoms with Gasteiger partial charge in [0.05, 0.1) is 24.0 Å². The summed E-state index contributed by atoms with van der Waals surface area (Å²) < 4.78 is 6.06. The molecule has 0 saturated heterocycles. The summed E-state index contributed by atoms with van der Waals surface area (Å²) in [6.45, 7) is 3.40. The minimum absolute atomic E-state index is 0.0632. The van der Waals surface area contributed by atoms with Gasteiger partial charge in [-0.25, -0.2) is 0 Å². The van der Waals surface area contributed by atoms with E-state index in [1.165, 1.54) is 6.92 Å². The van der Waals surface area contributed by atoms with Crippen LogP contribution in [-0.2, 0) is 16.0 Å². The Morgan fingerprint density at radius 2 is 1.84 bits per heavy atom. The van der Waals surface area contributed by atoms with Gasteiger partial charge in [0.1, 0.15) is 5.75 Å². The highest BCUT2D eigenvalue weighted by molar-refractivity contribution is 9.10. The summed E-state index contributed by atoms with van der Waals surface area (Å²) in [5.41, 5.74) is 2.59. The molecule has 0 heterocycles. The first kappa shape index (κ1) is 19.0. The van der Waals surface area contributed by atoms with E-state index in [2.05, 4.69) is 26.6 Å². The fraction of sp³-hybridized carbons (Fsp3) is 0.263. The Labute approximate surface area is 155 Å². The molecule has 2 amide bonds. The Morgan fingerprint density at radius 3 is 2.40 bits per heavy atom. The van der Waals surface area contributed by atoms with Crippen LogP contribution >= 0.6 is 15.9 Å². The molecule has 2 rings (SSSR count). The quantitative estimate of drug-likeness (QED) is 0.768. The third-order valence-electron chi connectivity index (χ3n) is 3.69. The van der Waals surface area contributed by atoms with Crippen molar-refractivity contribution in [2.45, 2.75) is 26.3 Å². The maximum atomic E-state index is 12.2. The summed E-state index contributed by atoms with van der Waals surface area (Å²) in [7, 11) is 1.61. The number of carbonyl (C=O) groups is 2. The maximum Gasteiger partial charge on any atom is 0.224 e. The third kappa shape index (κ3) is 5.60. The molecule has 0 bridgehead atoms. The van der Waals surface area contributed by atoms with Gasteiger partial charge < -0.3 is 15.4 Å². The summed E-state index contributed by atoms with van der Waals surface area (Å²) in [6, 6.07) is 12.8. The molecule has 0 spiro atoms. The number of amides is 2. The van der Waals surface area contributed by atoms with E-state index >= 15 is 0 Å². The zero-order valence-electron chi connectivity index (χ0n) is 14.4. The molecular weight excluding hydrogens is 384 g/mol. The molecule has 5 nitrogen and oxygen atoms in total. The van der Waals surface area contributed by atoms with Crippen LogP contribution in [0.15, 0.2) is 46.9 Å². The van der Waals surface area contributed by atoms with Crippen LogP contribution in [0.1, 0.15) is 31.0 Å². The number of rotatable bonds is 6. The number of hydrogen-bond donors (Lipinski definition) is 2. The van der Waals surface area contributed by atoms with Gasteiger partial charge in [-0.15, -0.1) is 0 Å². The fourth-order valence-electron chi connectivity index (χ4n) is 2.42. The molecule has 0 aliphatic rings. The van der Waals surface area contributed by atoms with Crippen LogP contribution in [0.2, 0.25) is 0 Å². The van der Waals surface area contributed by atoms with Gasteiger partial charge >= 0.3 is 0 Å². The Kier molecular flexibility index (Phi) is 6.58. The molecule has 0 aromatic heterocycles. The van der Waals surface area contributed by atoms with Crippen LogP contribution in [0, 0.1) is 0 Å². The first-order valence-electron chi connectivity index (χ1n) is 7.88. The highest BCUT2D eigenvalue weighted by atomic mass is 79.9. The number of halogens is 1. The van der Waals surface area contributed by atoms with Gasteiger partial charge in [0.25, 0.3) is 0 Å². The minimum atomic E-state index is -0.120. The second-order valence-corrected chi connectivity index (χ2v) is 6.59. The van der Waals surface area contributed by atoms with E-state index in [-0.39, 0.29) is 24.3 Å². The summed E-state index contributed by atoms with van der Waals surface area (Å²) in [4.78, 5) is 23.3. The second kappa shape index (κ2) is 8.67. The van der Waals surface area contributed by atoms with Gasteiger partial charge in [0.2, 0.25) is 11.8 Å². The fourth-order valence-corrected chi connectivity index (χ4v) is 2.98. The molecule has 2 aromatic rings. The van der Waals surface area contributed by atoms with Crippen molar-refractivity contribution >= 4 is 33.4 Å². The van der Waals surface area contributed by atoms with Crippen molar-refractivity contribution in [2.24, 2.45) is 0 Å². The number of nitrogens with one attached hydrogen (secondary N) is 2. The van der Waals surface area contributed by atoms with Gasteiger partial charge in [-0.05, 0) is 58.2 Å². The number of methoxy groups -OCH3 is 1. The zero-order valence-corrected chi connectivity index (χ0v) is 16.0. The van der Waals surface area contributed by atoms with E-state index in [0.717, 1.165) is 21.3 Å². The summed E-state index contributed by atoms with van der Waals surface area (Å²) in [6.07, 6.45) is 0.280. The van der Waals surface area contributed by atoms with E-state index in [0.29, 0.717) is 5.69 Å². The Balaban J connectivity index is 1.95. The lowest BCUT2D eigenvalue weighted by atomic mass is 10.1. The monoisotopic (exact) mass is 404 g/mol. The molecule has 25 heavy (non-hydrogen) atoms. The van der Waals surface area contributed by atoms with Crippen LogP contribution < -0.4 is 15.4 Å². The number of ether oxygens (including phenoxy) is 1. The molecule has 0 saturated carbocycles. The number of carbonyl (C=O) groups excluding carboxylic acids is 2. The third-order valence-corrected chi connectivity index (χ3v) is 4.31. The van der Waals surface area contributed by atoms with Crippen LogP contribution in [0.4, 0.5) is 5.69 Å². The molecule has 0 radical (unpaired) electrons. The van der Waals surface area contributed by atoms with Crippen molar-refractivity contribution in [1.29, 1.82) is 0 Å². The zero-order chi connectivity index (χ0) is 18.4. The SMILES string of the molecule is COc1ccc([C@@H](C)NC(=O)Cc2ccc(NC(C)=O)cc2)cc1Br. The second-order valence-electron chi connectivity index (χ2n) is 5.74. The summed E-state index contributed by atoms with van der Waals surface area (Å²) in [5.74, 6) is 0.568. The molecule has 0 aliphatic carbocycles. The largest absolute Gasteiger partial charge is 0.496 e. The van der Waals surface area contributed by atoms with Gasteiger partial charge in [-0.1, -0.05) is 18.2 Å². The van der Waals surface area contributed by atoms with E-state index in [4.69, 9.17) is 4.74 Å². The first-order valence-corrected chi connectivity index (χ1v) is 8.67. The standard InChI is InChI=1S/C19H21BrN2O3/c1-12(15-6-9-18(25-3)17(20)11-15)21-19(24)10-14-4-7-16(8-5-14)22-13(2)23/h4-9,11-12H,10H2,1-3H3,(H,21,24)(H,22,23)/t12-/m1/s1. The predicted octanol–water partition coefficient (Wildman–Crippen LogP) is 3.84. The number of anilines is 1. The Bertz CT molecular complexity index is 760. The molecule has 1 atom stereocenters. The Morgan fingerprint density at radius 1 is 1.16 bits per heavy atom. The maximum absolute atomic E-state index is 12.2. The molecule has 2 N–H and O–H groups in total. The Hall–Kier alpha value is -2.34. The summed E-state index contributed by atoms with van der Waals surface area (Å²) >= 11 is 3.45. The van der Waals surface area contributed by atoms with Crippen molar-refractivity contribution in [3.63, 3.8) is 0 Å². The molecular formula is C19H21BrN2O3. The average Bonchev–Trinajstić information content (AvgIpc) is 2.56. The molecule has 0 aliphatic heterocycles. The van der Waals surface area contributed by atoms with Gasteiger partial charge in [-0.2, -0.15) is 0 Å². The van der Waals surface area contributed by atoms with Crippen molar-refractivity contribution in [2.75, 3.05) is 12.4 Å². The van der Waals surface area contributed by atoms with E-state index in [1.54, 1.807) is 19.2 Å². The lowest BCUT2D eigenvalue weighted by Crippen LogP contribution is -2.28. The molecule has 0 fully saturated rings. The van der Waals surface area contributed by atoms with Crippen LogP contribution in [0.3, 0.4) is 0 Å². The van der Waals surface area contributed by atoms with Crippen LogP contribution in [0.5, 0.6) is 5.75 Å². The van der Waals surface area contributed by atoms with Crippen LogP contribution in [-0.4, -0.2) is 18.9 Å². The molecule has 6 heteroatoms. The molecule has 2 aromatic carbocycles. The highest BCUT2D eigenvalue weighted by Crippen LogP contribution is 2.28. The van der Waals surface area contributed by atoms with Crippen molar-refractivity contribution in [1.82, 2.24) is 5.32 Å². The first-order chi connectivity index (χ1) is 11.9. The normalized spacial score (nSPS) is 11.5. The summed E-state index contributed by atoms with van der Waals surface area (Å²) in [5, 5.41) is 5.69. The molecule has 0 unspecified atom stereocenters. The average molecular weight is 405 g/mol. The minimum Gasteiger partial charge on any atom is -0.496 e. The predicted molar refractivity (Wildman–Crippen MR) is 102 cm³/mol. The van der Waals surface area contributed by atoms with Gasteiger partial charge in [0.15, 0.2) is 0 Å². The smallest absolute Gasteiger partial charge is 0.224 e. The van der Waals surface area contributed by atoms with Crippen LogP contribution in [0.25, 0.3) is 0 Å². The van der Waals surface area contributed by atoms with E-state index in [9.17, 15) is 9.59 Å². The topological polar surface area (TPSA) is 67.4 Å². The lowest BCUT2D eigenvalue weighted by Gasteiger charge is -2.16. The van der Waals surface area contributed by atoms with E-state index in [1.807, 2.05) is 37.3 Å². The van der Waals surface area contributed by atoms with Crippen molar-refractivity contribution < 1.29 is 14.3 Å². The number of hydrogen-bond acceptors (Lipinski definition) is 3. The molecule has 132 valence electrons. The highest BCUT2D eigenvalue weighted by Gasteiger charge is 2.12. The van der Waals surface area contributed by atoms with Gasteiger partial charge in [0, 0.05) is 12.6 Å². The van der Waals surface area contributed by atoms with E-state index < -0.39 is 0 Å². The van der Waals surface area contributed by atoms with Crippen molar-refractivity contribution in [3.05, 3.63) is 58.1 Å². The van der Waals surface area contributed by atoms with Gasteiger partial charge in [-0.3, -0.25) is 9.59 Å². The lowest BCUT2D eigenvalue weighted by molar-refractivity contribution is -0.121. The van der Waals surface area contributed by atoms with Crippen molar-refractivity contribution in [3.8, 4) is 5.75 Å².